The molecule has 1 atom stereocenters. The van der Waals surface area contributed by atoms with E-state index in [4.69, 9.17) is 21.1 Å². The molecule has 2 aliphatic rings. The zero-order chi connectivity index (χ0) is 15.8. The number of halogens is 1. The van der Waals surface area contributed by atoms with Crippen LogP contribution < -0.4 is 5.32 Å². The molecule has 1 N–H and O–H groups in total. The maximum Gasteiger partial charge on any atom is 0.317 e. The van der Waals surface area contributed by atoms with Gasteiger partial charge in [-0.1, -0.05) is 11.6 Å². The molecule has 5 nitrogen and oxygen atoms in total. The monoisotopic (exact) mass is 344 g/mol. The molecule has 0 aliphatic carbocycles. The Bertz CT molecular complexity index is 555. The van der Waals surface area contributed by atoms with Gasteiger partial charge >= 0.3 is 6.03 Å². The number of nitrogens with one attached hydrogen (secondary N) is 1. The van der Waals surface area contributed by atoms with E-state index in [2.05, 4.69) is 5.32 Å². The predicted octanol–water partition coefficient (Wildman–Crippen LogP) is 2.88. The lowest BCUT2D eigenvalue weighted by Crippen LogP contribution is -2.62. The number of morpholine rings is 1. The maximum absolute atomic E-state index is 12.5. The van der Waals surface area contributed by atoms with Gasteiger partial charge in [-0.15, -0.1) is 11.3 Å². The third-order valence-electron chi connectivity index (χ3n) is 3.94. The van der Waals surface area contributed by atoms with Gasteiger partial charge in [0.15, 0.2) is 0 Å². The number of urea groups is 1. The Morgan fingerprint density at radius 2 is 2.27 bits per heavy atom. The molecule has 0 saturated carbocycles. The highest BCUT2D eigenvalue weighted by Gasteiger charge is 2.47. The van der Waals surface area contributed by atoms with Crippen LogP contribution in [-0.4, -0.2) is 48.4 Å². The van der Waals surface area contributed by atoms with E-state index in [0.717, 1.165) is 15.6 Å². The summed E-state index contributed by atoms with van der Waals surface area (Å²) in [6.45, 7) is 6.94. The fourth-order valence-corrected chi connectivity index (χ4v) is 4.20. The lowest BCUT2D eigenvalue weighted by molar-refractivity contribution is -0.185. The summed E-state index contributed by atoms with van der Waals surface area (Å²) in [4.78, 5) is 15.4. The molecule has 0 radical (unpaired) electrons. The Hall–Kier alpha value is -0.820. The Kier molecular flexibility index (Phi) is 4.38. The van der Waals surface area contributed by atoms with Gasteiger partial charge in [-0.3, -0.25) is 0 Å². The van der Waals surface area contributed by atoms with Gasteiger partial charge in [0.05, 0.1) is 36.2 Å². The van der Waals surface area contributed by atoms with Crippen molar-refractivity contribution in [2.75, 3.05) is 26.3 Å². The highest BCUT2D eigenvalue weighted by Crippen LogP contribution is 2.34. The van der Waals surface area contributed by atoms with Crippen LogP contribution in [-0.2, 0) is 16.0 Å². The standard InChI is InChI=1S/C15H21ClN2O3S/c1-14(2)8-18(9-15(21-14)5-6-20-10-15)13(19)17-7-11-3-4-12(16)22-11/h3-4H,5-10H2,1-2H3,(H,17,19). The van der Waals surface area contributed by atoms with Crippen molar-refractivity contribution in [3.8, 4) is 0 Å². The molecule has 122 valence electrons. The van der Waals surface area contributed by atoms with E-state index in [1.54, 1.807) is 0 Å². The summed E-state index contributed by atoms with van der Waals surface area (Å²) in [5.74, 6) is 0. The van der Waals surface area contributed by atoms with E-state index in [1.807, 2.05) is 30.9 Å². The molecule has 1 spiro atoms. The molecule has 2 fully saturated rings. The summed E-state index contributed by atoms with van der Waals surface area (Å²) < 4.78 is 12.4. The second-order valence-electron chi connectivity index (χ2n) is 6.57. The highest BCUT2D eigenvalue weighted by atomic mass is 35.5. The van der Waals surface area contributed by atoms with Gasteiger partial charge in [-0.25, -0.2) is 4.79 Å². The van der Waals surface area contributed by atoms with Crippen LogP contribution in [0.4, 0.5) is 4.79 Å². The molecule has 2 saturated heterocycles. The van der Waals surface area contributed by atoms with E-state index < -0.39 is 0 Å². The van der Waals surface area contributed by atoms with E-state index >= 15 is 0 Å². The second-order valence-corrected chi connectivity index (χ2v) is 8.37. The lowest BCUT2D eigenvalue weighted by Gasteiger charge is -2.47. The topological polar surface area (TPSA) is 50.8 Å². The molecule has 3 heterocycles. The molecule has 1 aromatic rings. The summed E-state index contributed by atoms with van der Waals surface area (Å²) in [7, 11) is 0. The van der Waals surface area contributed by atoms with Gasteiger partial charge in [-0.05, 0) is 26.0 Å². The van der Waals surface area contributed by atoms with Crippen molar-refractivity contribution in [3.05, 3.63) is 21.3 Å². The minimum Gasteiger partial charge on any atom is -0.378 e. The summed E-state index contributed by atoms with van der Waals surface area (Å²) in [6, 6.07) is 3.71. The second kappa shape index (κ2) is 6.00. The minimum absolute atomic E-state index is 0.0628. The Morgan fingerprint density at radius 1 is 1.45 bits per heavy atom. The van der Waals surface area contributed by atoms with Crippen molar-refractivity contribution in [1.29, 1.82) is 0 Å². The molecule has 3 rings (SSSR count). The van der Waals surface area contributed by atoms with Crippen molar-refractivity contribution in [3.63, 3.8) is 0 Å². The first kappa shape index (κ1) is 16.1. The number of nitrogens with zero attached hydrogens (tertiary/aromatic N) is 1. The minimum atomic E-state index is -0.366. The van der Waals surface area contributed by atoms with Crippen LogP contribution in [0.3, 0.4) is 0 Å². The van der Waals surface area contributed by atoms with Crippen molar-refractivity contribution < 1.29 is 14.3 Å². The van der Waals surface area contributed by atoms with Gasteiger partial charge < -0.3 is 19.7 Å². The van der Waals surface area contributed by atoms with Crippen LogP contribution in [0.2, 0.25) is 4.34 Å². The van der Waals surface area contributed by atoms with Crippen molar-refractivity contribution >= 4 is 29.0 Å². The Morgan fingerprint density at radius 3 is 2.91 bits per heavy atom. The van der Waals surface area contributed by atoms with Gasteiger partial charge in [0.25, 0.3) is 0 Å². The van der Waals surface area contributed by atoms with Gasteiger partial charge in [0.1, 0.15) is 5.60 Å². The van der Waals surface area contributed by atoms with Crippen LogP contribution in [0.25, 0.3) is 0 Å². The SMILES string of the molecule is CC1(C)CN(C(=O)NCc2ccc(Cl)s2)CC2(CCOC2)O1. The van der Waals surface area contributed by atoms with Crippen molar-refractivity contribution in [2.24, 2.45) is 0 Å². The maximum atomic E-state index is 12.5. The molecule has 0 bridgehead atoms. The van der Waals surface area contributed by atoms with Gasteiger partial charge in [-0.2, -0.15) is 0 Å². The zero-order valence-electron chi connectivity index (χ0n) is 12.9. The number of thiophene rings is 1. The first-order valence-electron chi connectivity index (χ1n) is 7.43. The van der Waals surface area contributed by atoms with E-state index in [-0.39, 0.29) is 17.2 Å². The molecule has 2 aliphatic heterocycles. The van der Waals surface area contributed by atoms with Crippen molar-refractivity contribution in [1.82, 2.24) is 10.2 Å². The van der Waals surface area contributed by atoms with Crippen molar-refractivity contribution in [2.45, 2.75) is 38.0 Å². The molecular formula is C15H21ClN2O3S. The van der Waals surface area contributed by atoms with Crippen LogP contribution in [0, 0.1) is 0 Å². The molecule has 22 heavy (non-hydrogen) atoms. The third-order valence-corrected chi connectivity index (χ3v) is 5.17. The number of hydrogen-bond donors (Lipinski definition) is 1. The number of rotatable bonds is 2. The lowest BCUT2D eigenvalue weighted by atomic mass is 9.95. The molecule has 1 aromatic heterocycles. The first-order chi connectivity index (χ1) is 10.4. The predicted molar refractivity (Wildman–Crippen MR) is 86.5 cm³/mol. The number of carbonyl (C=O) groups is 1. The molecule has 0 aromatic carbocycles. The average molecular weight is 345 g/mol. The van der Waals surface area contributed by atoms with Crippen LogP contribution in [0.5, 0.6) is 0 Å². The molecule has 1 unspecified atom stereocenters. The Balaban J connectivity index is 1.63. The molecular weight excluding hydrogens is 324 g/mol. The summed E-state index contributed by atoms with van der Waals surface area (Å²) in [6.07, 6.45) is 0.834. The third kappa shape index (κ3) is 3.56. The fourth-order valence-electron chi connectivity index (χ4n) is 3.17. The number of carbonyl (C=O) groups excluding carboxylic acids is 1. The first-order valence-corrected chi connectivity index (χ1v) is 8.62. The van der Waals surface area contributed by atoms with E-state index in [9.17, 15) is 4.79 Å². The summed E-state index contributed by atoms with van der Waals surface area (Å²) in [5, 5.41) is 2.97. The molecule has 7 heteroatoms. The Labute approximate surface area is 139 Å². The number of hydrogen-bond acceptors (Lipinski definition) is 4. The van der Waals surface area contributed by atoms with Crippen LogP contribution in [0.15, 0.2) is 12.1 Å². The summed E-state index contributed by atoms with van der Waals surface area (Å²) in [5.41, 5.74) is -0.721. The van der Waals surface area contributed by atoms with Crippen LogP contribution >= 0.6 is 22.9 Å². The molecule has 2 amide bonds. The average Bonchev–Trinajstić information content (AvgIpc) is 3.03. The van der Waals surface area contributed by atoms with E-state index in [0.29, 0.717) is 32.8 Å². The van der Waals surface area contributed by atoms with Gasteiger partial charge in [0.2, 0.25) is 0 Å². The van der Waals surface area contributed by atoms with Crippen LogP contribution in [0.1, 0.15) is 25.1 Å². The zero-order valence-corrected chi connectivity index (χ0v) is 14.4. The normalized spacial score (nSPS) is 27.3. The highest BCUT2D eigenvalue weighted by molar-refractivity contribution is 7.16. The quantitative estimate of drug-likeness (QED) is 0.897. The summed E-state index contributed by atoms with van der Waals surface area (Å²) >= 11 is 7.39. The van der Waals surface area contributed by atoms with Gasteiger partial charge in [0, 0.05) is 17.9 Å². The fraction of sp³-hybridized carbons (Fsp3) is 0.667. The number of amides is 2. The largest absolute Gasteiger partial charge is 0.378 e. The smallest absolute Gasteiger partial charge is 0.317 e. The number of ether oxygens (including phenoxy) is 2. The van der Waals surface area contributed by atoms with E-state index in [1.165, 1.54) is 11.3 Å².